The van der Waals surface area contributed by atoms with Gasteiger partial charge in [-0.25, -0.2) is 0 Å². The Morgan fingerprint density at radius 2 is 1.78 bits per heavy atom. The highest BCUT2D eigenvalue weighted by Crippen LogP contribution is 2.39. The second kappa shape index (κ2) is 10.8. The molecule has 1 N–H and O–H groups in total. The summed E-state index contributed by atoms with van der Waals surface area (Å²) < 4.78 is 0. The maximum Gasteiger partial charge on any atom is 0.290 e. The zero-order valence-electron chi connectivity index (χ0n) is 18.1. The van der Waals surface area contributed by atoms with Crippen LogP contribution in [-0.4, -0.2) is 52.8 Å². The molecule has 0 fully saturated rings. The molecule has 1 amide bonds. The van der Waals surface area contributed by atoms with Crippen molar-refractivity contribution in [2.24, 2.45) is 0 Å². The van der Waals surface area contributed by atoms with E-state index in [-0.39, 0.29) is 5.57 Å². The minimum atomic E-state index is -0.749. The lowest BCUT2D eigenvalue weighted by Gasteiger charge is -2.29. The minimum absolute atomic E-state index is 0.0418. The number of nitrogens with zero attached hydrogens (tertiary/aromatic N) is 2. The van der Waals surface area contributed by atoms with Gasteiger partial charge in [-0.15, -0.1) is 0 Å². The second-order valence-electron chi connectivity index (χ2n) is 7.47. The van der Waals surface area contributed by atoms with Crippen molar-refractivity contribution in [1.29, 1.82) is 0 Å². The molecule has 168 valence electrons. The number of aliphatic hydroxyl groups excluding tert-OH is 1. The summed E-state index contributed by atoms with van der Waals surface area (Å²) in [6, 6.07) is 13.6. The number of benzene rings is 2. The van der Waals surface area contributed by atoms with Crippen molar-refractivity contribution < 1.29 is 14.7 Å². The number of ketones is 1. The van der Waals surface area contributed by atoms with Crippen LogP contribution in [0.25, 0.3) is 6.08 Å². The van der Waals surface area contributed by atoms with Crippen LogP contribution in [0.2, 0.25) is 10.0 Å². The molecule has 0 bridgehead atoms. The van der Waals surface area contributed by atoms with Gasteiger partial charge in [-0.05, 0) is 42.4 Å². The first kappa shape index (κ1) is 24.1. The molecular formula is C25H26Cl2N2O3. The number of allylic oxidation sites excluding steroid dienone is 1. The van der Waals surface area contributed by atoms with E-state index >= 15 is 0 Å². The largest absolute Gasteiger partial charge is 0.503 e. The first-order valence-corrected chi connectivity index (χ1v) is 11.3. The van der Waals surface area contributed by atoms with Gasteiger partial charge >= 0.3 is 0 Å². The average Bonchev–Trinajstić information content (AvgIpc) is 3.05. The molecule has 2 aromatic carbocycles. The Bertz CT molecular complexity index is 1050. The van der Waals surface area contributed by atoms with Gasteiger partial charge in [0.1, 0.15) is 0 Å². The normalized spacial score (nSPS) is 16.6. The SMILES string of the molecule is CCN(CC)CCN1C(=O)C(O)=C(C(=O)/C=C/c2ccccc2)C1c1ccc(Cl)c(Cl)c1. The molecule has 1 aliphatic heterocycles. The van der Waals surface area contributed by atoms with Gasteiger partial charge in [0.2, 0.25) is 0 Å². The predicted molar refractivity (Wildman–Crippen MR) is 129 cm³/mol. The van der Waals surface area contributed by atoms with Gasteiger partial charge in [0.15, 0.2) is 11.5 Å². The van der Waals surface area contributed by atoms with Crippen LogP contribution in [0.15, 0.2) is 65.9 Å². The number of carbonyl (C=O) groups excluding carboxylic acids is 2. The van der Waals surface area contributed by atoms with Gasteiger partial charge in [0.05, 0.1) is 21.7 Å². The quantitative estimate of drug-likeness (QED) is 0.502. The molecule has 1 atom stereocenters. The Morgan fingerprint density at radius 1 is 1.09 bits per heavy atom. The zero-order valence-corrected chi connectivity index (χ0v) is 19.6. The van der Waals surface area contributed by atoms with E-state index in [1.165, 1.54) is 11.0 Å². The van der Waals surface area contributed by atoms with Gasteiger partial charge in [-0.1, -0.05) is 79.5 Å². The van der Waals surface area contributed by atoms with E-state index in [0.29, 0.717) is 28.7 Å². The van der Waals surface area contributed by atoms with E-state index in [2.05, 4.69) is 4.90 Å². The monoisotopic (exact) mass is 472 g/mol. The number of halogens is 2. The molecule has 1 unspecified atom stereocenters. The van der Waals surface area contributed by atoms with Crippen LogP contribution in [0.5, 0.6) is 0 Å². The first-order chi connectivity index (χ1) is 15.4. The van der Waals surface area contributed by atoms with Crippen LogP contribution < -0.4 is 0 Å². The van der Waals surface area contributed by atoms with Crippen LogP contribution in [0, 0.1) is 0 Å². The van der Waals surface area contributed by atoms with Crippen molar-refractivity contribution in [3.8, 4) is 0 Å². The Labute approximate surface area is 198 Å². The van der Waals surface area contributed by atoms with Gasteiger partial charge < -0.3 is 14.9 Å². The summed E-state index contributed by atoms with van der Waals surface area (Å²) in [7, 11) is 0. The summed E-state index contributed by atoms with van der Waals surface area (Å²) in [6.07, 6.45) is 3.05. The van der Waals surface area contributed by atoms with E-state index in [4.69, 9.17) is 23.2 Å². The number of aliphatic hydroxyl groups is 1. The van der Waals surface area contributed by atoms with Crippen LogP contribution in [0.1, 0.15) is 31.0 Å². The molecule has 0 saturated carbocycles. The molecule has 1 heterocycles. The number of hydrogen-bond donors (Lipinski definition) is 1. The summed E-state index contributed by atoms with van der Waals surface area (Å²) in [5.41, 5.74) is 1.50. The fourth-order valence-corrected chi connectivity index (χ4v) is 4.09. The molecule has 1 aliphatic rings. The summed E-state index contributed by atoms with van der Waals surface area (Å²) in [5.74, 6) is -1.52. The fourth-order valence-electron chi connectivity index (χ4n) is 3.78. The topological polar surface area (TPSA) is 60.9 Å². The highest BCUT2D eigenvalue weighted by atomic mass is 35.5. The molecule has 7 heteroatoms. The molecular weight excluding hydrogens is 447 g/mol. The zero-order chi connectivity index (χ0) is 23.3. The van der Waals surface area contributed by atoms with Gasteiger partial charge in [0.25, 0.3) is 5.91 Å². The molecule has 0 spiro atoms. The Kier molecular flexibility index (Phi) is 8.13. The summed E-state index contributed by atoms with van der Waals surface area (Å²) >= 11 is 12.3. The lowest BCUT2D eigenvalue weighted by molar-refractivity contribution is -0.129. The minimum Gasteiger partial charge on any atom is -0.503 e. The smallest absolute Gasteiger partial charge is 0.290 e. The van der Waals surface area contributed by atoms with Crippen molar-refractivity contribution in [2.45, 2.75) is 19.9 Å². The number of amides is 1. The highest BCUT2D eigenvalue weighted by Gasteiger charge is 2.42. The standard InChI is InChI=1S/C25H26Cl2N2O3/c1-3-28(4-2)14-15-29-23(18-11-12-19(26)20(27)16-18)22(24(31)25(29)32)21(30)13-10-17-8-6-5-7-9-17/h5-13,16,23,31H,3-4,14-15H2,1-2H3/b13-10+. The third-order valence-corrected chi connectivity index (χ3v) is 6.35. The third kappa shape index (κ3) is 5.23. The first-order valence-electron chi connectivity index (χ1n) is 10.6. The van der Waals surface area contributed by atoms with Crippen molar-refractivity contribution in [3.63, 3.8) is 0 Å². The molecule has 0 radical (unpaired) electrons. The van der Waals surface area contributed by atoms with Crippen LogP contribution in [-0.2, 0) is 9.59 Å². The Balaban J connectivity index is 1.98. The summed E-state index contributed by atoms with van der Waals surface area (Å²) in [6.45, 7) is 6.73. The predicted octanol–water partition coefficient (Wildman–Crippen LogP) is 5.31. The maximum atomic E-state index is 13.2. The summed E-state index contributed by atoms with van der Waals surface area (Å²) in [4.78, 5) is 29.8. The number of likely N-dealkylation sites (N-methyl/N-ethyl adjacent to an activating group) is 1. The van der Waals surface area contributed by atoms with E-state index in [0.717, 1.165) is 18.7 Å². The van der Waals surface area contributed by atoms with Gasteiger partial charge in [0, 0.05) is 13.1 Å². The highest BCUT2D eigenvalue weighted by molar-refractivity contribution is 6.42. The second-order valence-corrected chi connectivity index (χ2v) is 8.29. The number of hydrogen-bond acceptors (Lipinski definition) is 4. The molecule has 2 aromatic rings. The van der Waals surface area contributed by atoms with Crippen molar-refractivity contribution >= 4 is 41.0 Å². The molecule has 0 aromatic heterocycles. The van der Waals surface area contributed by atoms with Crippen LogP contribution >= 0.6 is 23.2 Å². The molecule has 0 aliphatic carbocycles. The van der Waals surface area contributed by atoms with E-state index in [1.54, 1.807) is 24.3 Å². The van der Waals surface area contributed by atoms with Gasteiger partial charge in [-0.2, -0.15) is 0 Å². The van der Waals surface area contributed by atoms with Gasteiger partial charge in [-0.3, -0.25) is 9.59 Å². The molecule has 3 rings (SSSR count). The van der Waals surface area contributed by atoms with E-state index < -0.39 is 23.5 Å². The molecule has 0 saturated heterocycles. The average molecular weight is 473 g/mol. The maximum absolute atomic E-state index is 13.2. The number of carbonyl (C=O) groups is 2. The Hall–Kier alpha value is -2.60. The third-order valence-electron chi connectivity index (χ3n) is 5.61. The molecule has 5 nitrogen and oxygen atoms in total. The number of rotatable bonds is 9. The van der Waals surface area contributed by atoms with Crippen molar-refractivity contribution in [2.75, 3.05) is 26.2 Å². The van der Waals surface area contributed by atoms with Crippen LogP contribution in [0.4, 0.5) is 0 Å². The van der Waals surface area contributed by atoms with Crippen molar-refractivity contribution in [3.05, 3.63) is 87.1 Å². The van der Waals surface area contributed by atoms with E-state index in [9.17, 15) is 14.7 Å². The lowest BCUT2D eigenvalue weighted by Crippen LogP contribution is -2.38. The Morgan fingerprint density at radius 3 is 2.41 bits per heavy atom. The molecule has 32 heavy (non-hydrogen) atoms. The van der Waals surface area contributed by atoms with E-state index in [1.807, 2.05) is 44.2 Å². The van der Waals surface area contributed by atoms with Crippen molar-refractivity contribution in [1.82, 2.24) is 9.80 Å². The van der Waals surface area contributed by atoms with Crippen LogP contribution in [0.3, 0.4) is 0 Å². The fraction of sp³-hybridized carbons (Fsp3) is 0.280. The summed E-state index contributed by atoms with van der Waals surface area (Å²) in [5, 5.41) is 11.4. The lowest BCUT2D eigenvalue weighted by atomic mass is 9.95.